The van der Waals surface area contributed by atoms with Crippen LogP contribution in [0.5, 0.6) is 6.01 Å². The molecule has 0 saturated carbocycles. The third-order valence-electron chi connectivity index (χ3n) is 11.8. The summed E-state index contributed by atoms with van der Waals surface area (Å²) in [4.78, 5) is 56.2. The smallest absolute Gasteiger partial charge is 0.407 e. The van der Waals surface area contributed by atoms with Gasteiger partial charge in [0.1, 0.15) is 12.4 Å². The van der Waals surface area contributed by atoms with E-state index < -0.39 is 12.1 Å². The van der Waals surface area contributed by atoms with E-state index in [1.807, 2.05) is 13.1 Å². The first-order valence-electron chi connectivity index (χ1n) is 20.6. The predicted molar refractivity (Wildman–Crippen MR) is 221 cm³/mol. The Labute approximate surface area is 348 Å². The highest BCUT2D eigenvalue weighted by Crippen LogP contribution is 2.35. The standard InChI is InChI=1S/C44H50N8O8/c1-48-27-33(59-24-23-58-22-21-57-20-19-52-41(53)35-10-4-5-11-36(35)42(52)54)25-32(48)29-60-43-46-38-28-49(39-12-6-8-30-7-2-3-9-34(30)39)16-14-37(38)40(47-43)50-17-18-51(44(55)56)31(26-50)13-15-45/h2-12,31-33H,13-14,16-29H2,1H3,(H,55,56)/t31-,32-,33+/m0/s1. The maximum absolute atomic E-state index is 12.5. The summed E-state index contributed by atoms with van der Waals surface area (Å²) in [7, 11) is 2.05. The molecule has 4 aliphatic rings. The van der Waals surface area contributed by atoms with E-state index in [4.69, 9.17) is 28.9 Å². The Morgan fingerprint density at radius 2 is 1.58 bits per heavy atom. The molecule has 4 aliphatic heterocycles. The summed E-state index contributed by atoms with van der Waals surface area (Å²) in [6, 6.07) is 23.6. The first-order valence-corrected chi connectivity index (χ1v) is 20.6. The van der Waals surface area contributed by atoms with Crippen molar-refractivity contribution in [3.63, 3.8) is 0 Å². The number of rotatable bonds is 16. The lowest BCUT2D eigenvalue weighted by atomic mass is 10.0. The number of benzene rings is 3. The molecule has 1 N–H and O–H groups in total. The first kappa shape index (κ1) is 40.9. The van der Waals surface area contributed by atoms with Crippen molar-refractivity contribution < 1.29 is 38.4 Å². The van der Waals surface area contributed by atoms with E-state index in [-0.39, 0.29) is 56.1 Å². The van der Waals surface area contributed by atoms with Crippen LogP contribution in [0.15, 0.2) is 66.7 Å². The van der Waals surface area contributed by atoms with E-state index in [2.05, 4.69) is 57.2 Å². The molecule has 3 amide bonds. The molecule has 5 heterocycles. The number of aromatic nitrogens is 2. The maximum atomic E-state index is 12.5. The van der Waals surface area contributed by atoms with Crippen LogP contribution >= 0.6 is 0 Å². The van der Waals surface area contributed by atoms with E-state index in [1.165, 1.54) is 20.6 Å². The van der Waals surface area contributed by atoms with Crippen LogP contribution in [0.4, 0.5) is 16.3 Å². The van der Waals surface area contributed by atoms with Crippen molar-refractivity contribution in [1.29, 1.82) is 5.26 Å². The number of hydrogen-bond donors (Lipinski definition) is 1. The Kier molecular flexibility index (Phi) is 12.7. The number of amides is 3. The highest BCUT2D eigenvalue weighted by atomic mass is 16.5. The van der Waals surface area contributed by atoms with E-state index in [1.54, 1.807) is 24.3 Å². The number of carbonyl (C=O) groups excluding carboxylic acids is 2. The van der Waals surface area contributed by atoms with Gasteiger partial charge in [-0.05, 0) is 43.5 Å². The molecule has 0 radical (unpaired) electrons. The molecule has 1 aromatic heterocycles. The van der Waals surface area contributed by atoms with Crippen molar-refractivity contribution in [3.05, 3.63) is 89.1 Å². The van der Waals surface area contributed by atoms with Crippen molar-refractivity contribution in [2.24, 2.45) is 0 Å². The number of piperazine rings is 1. The number of imide groups is 1. The van der Waals surface area contributed by atoms with E-state index in [0.717, 1.165) is 42.3 Å². The number of nitrogens with zero attached hydrogens (tertiary/aromatic N) is 8. The molecule has 0 unspecified atom stereocenters. The summed E-state index contributed by atoms with van der Waals surface area (Å²) in [6.45, 7) is 5.45. The van der Waals surface area contributed by atoms with Gasteiger partial charge in [0.05, 0.1) is 87.6 Å². The summed E-state index contributed by atoms with van der Waals surface area (Å²) >= 11 is 0. The summed E-state index contributed by atoms with van der Waals surface area (Å²) in [5.41, 5.74) is 3.90. The normalized spacial score (nSPS) is 20.4. The van der Waals surface area contributed by atoms with Crippen LogP contribution in [0.2, 0.25) is 0 Å². The average molecular weight is 819 g/mol. The summed E-state index contributed by atoms with van der Waals surface area (Å²) in [5, 5.41) is 21.7. The van der Waals surface area contributed by atoms with Gasteiger partial charge in [-0.3, -0.25) is 19.4 Å². The lowest BCUT2D eigenvalue weighted by molar-refractivity contribution is -0.00917. The Morgan fingerprint density at radius 1 is 0.850 bits per heavy atom. The number of fused-ring (bicyclic) bond motifs is 3. The molecule has 3 atom stereocenters. The molecule has 2 fully saturated rings. The second kappa shape index (κ2) is 18.6. The largest absolute Gasteiger partial charge is 0.465 e. The quantitative estimate of drug-likeness (QED) is 0.127. The lowest BCUT2D eigenvalue weighted by Crippen LogP contribution is -2.55. The second-order valence-electron chi connectivity index (χ2n) is 15.5. The second-order valence-corrected chi connectivity index (χ2v) is 15.5. The van der Waals surface area contributed by atoms with E-state index in [0.29, 0.717) is 70.2 Å². The van der Waals surface area contributed by atoms with Crippen molar-refractivity contribution >= 4 is 40.2 Å². The van der Waals surface area contributed by atoms with Crippen molar-refractivity contribution in [1.82, 2.24) is 24.7 Å². The lowest BCUT2D eigenvalue weighted by Gasteiger charge is -2.41. The van der Waals surface area contributed by atoms with Crippen molar-refractivity contribution in [2.45, 2.75) is 44.0 Å². The molecule has 3 aromatic carbocycles. The van der Waals surface area contributed by atoms with Crippen LogP contribution in [0.25, 0.3) is 10.8 Å². The van der Waals surface area contributed by atoms with Gasteiger partial charge in [-0.2, -0.15) is 15.2 Å². The van der Waals surface area contributed by atoms with E-state index in [9.17, 15) is 24.8 Å². The monoisotopic (exact) mass is 818 g/mol. The van der Waals surface area contributed by atoms with Gasteiger partial charge in [0.2, 0.25) is 0 Å². The zero-order valence-electron chi connectivity index (χ0n) is 33.8. The molecule has 2 saturated heterocycles. The zero-order chi connectivity index (χ0) is 41.6. The number of likely N-dealkylation sites (tertiary alicyclic amines) is 1. The molecular formula is C44H50N8O8. The Hall–Kier alpha value is -5.86. The van der Waals surface area contributed by atoms with Crippen molar-refractivity contribution in [2.75, 3.05) is 95.8 Å². The fourth-order valence-electron chi connectivity index (χ4n) is 8.69. The molecule has 0 bridgehead atoms. The highest BCUT2D eigenvalue weighted by Gasteiger charge is 2.36. The van der Waals surface area contributed by atoms with Gasteiger partial charge in [0, 0.05) is 55.4 Å². The van der Waals surface area contributed by atoms with Crippen LogP contribution in [-0.2, 0) is 27.2 Å². The van der Waals surface area contributed by atoms with Gasteiger partial charge in [-0.1, -0.05) is 48.5 Å². The number of likely N-dealkylation sites (N-methyl/N-ethyl adjacent to an activating group) is 1. The predicted octanol–water partition coefficient (Wildman–Crippen LogP) is 4.07. The van der Waals surface area contributed by atoms with Gasteiger partial charge < -0.3 is 38.8 Å². The fraction of sp³-hybridized carbons (Fsp3) is 0.455. The minimum atomic E-state index is -1.02. The number of ether oxygens (including phenoxy) is 4. The van der Waals surface area contributed by atoms with E-state index >= 15 is 0 Å². The van der Waals surface area contributed by atoms with Gasteiger partial charge in [-0.15, -0.1) is 0 Å². The number of carboxylic acid groups (broad SMARTS) is 1. The van der Waals surface area contributed by atoms with Crippen LogP contribution in [0.1, 0.15) is 44.8 Å². The van der Waals surface area contributed by atoms with Crippen LogP contribution in [0, 0.1) is 11.3 Å². The van der Waals surface area contributed by atoms with Gasteiger partial charge in [0.15, 0.2) is 0 Å². The summed E-state index contributed by atoms with van der Waals surface area (Å²) in [6.07, 6.45) is 0.536. The molecule has 314 valence electrons. The molecule has 16 nitrogen and oxygen atoms in total. The van der Waals surface area contributed by atoms with Crippen molar-refractivity contribution in [3.8, 4) is 12.1 Å². The average Bonchev–Trinajstić information content (AvgIpc) is 3.74. The highest BCUT2D eigenvalue weighted by molar-refractivity contribution is 6.21. The van der Waals surface area contributed by atoms with Gasteiger partial charge >= 0.3 is 12.1 Å². The maximum Gasteiger partial charge on any atom is 0.407 e. The third kappa shape index (κ3) is 8.85. The van der Waals surface area contributed by atoms with Crippen LogP contribution in [-0.4, -0.2) is 152 Å². The zero-order valence-corrected chi connectivity index (χ0v) is 33.8. The summed E-state index contributed by atoms with van der Waals surface area (Å²) in [5.74, 6) is 0.164. The summed E-state index contributed by atoms with van der Waals surface area (Å²) < 4.78 is 23.9. The molecule has 4 aromatic rings. The third-order valence-corrected chi connectivity index (χ3v) is 11.8. The number of hydrogen-bond acceptors (Lipinski definition) is 13. The van der Waals surface area contributed by atoms with Gasteiger partial charge in [-0.25, -0.2) is 4.79 Å². The Balaban J connectivity index is 0.840. The number of anilines is 2. The number of nitriles is 1. The minimum Gasteiger partial charge on any atom is -0.465 e. The first-order chi connectivity index (χ1) is 29.3. The molecule has 0 spiro atoms. The molecule has 16 heteroatoms. The number of carbonyl (C=O) groups is 3. The molecule has 8 rings (SSSR count). The topological polar surface area (TPSA) is 174 Å². The van der Waals surface area contributed by atoms with Gasteiger partial charge in [0.25, 0.3) is 11.8 Å². The fourth-order valence-corrected chi connectivity index (χ4v) is 8.69. The molecule has 60 heavy (non-hydrogen) atoms. The molecular weight excluding hydrogens is 769 g/mol. The SMILES string of the molecule is CN1C[C@H](OCCOCCOCCN2C(=O)c3ccccc3C2=O)C[C@H]1COc1nc2c(c(N3CCN(C(=O)O)[C@@H](CC#N)C3)n1)CCN(c1cccc3ccccc13)C2. The van der Waals surface area contributed by atoms with Crippen LogP contribution < -0.4 is 14.5 Å². The minimum absolute atomic E-state index is 0.0000254. The Bertz CT molecular complexity index is 2210. The molecule has 0 aliphatic carbocycles. The Morgan fingerprint density at radius 3 is 2.37 bits per heavy atom. The van der Waals surface area contributed by atoms with Crippen LogP contribution in [0.3, 0.4) is 0 Å².